The fraction of sp³-hybridized carbons (Fsp3) is 0. The van der Waals surface area contributed by atoms with E-state index in [1.807, 2.05) is 0 Å². The van der Waals surface area contributed by atoms with Gasteiger partial charge < -0.3 is 5.11 Å². The molecule has 0 saturated carbocycles. The van der Waals surface area contributed by atoms with Crippen molar-refractivity contribution >= 4 is 34.6 Å². The predicted molar refractivity (Wildman–Crippen MR) is 68.7 cm³/mol. The normalized spacial score (nSPS) is 11.2. The first kappa shape index (κ1) is 13.7. The fourth-order valence-corrected chi connectivity index (χ4v) is 1.77. The zero-order valence-electron chi connectivity index (χ0n) is 9.24. The lowest BCUT2D eigenvalue weighted by atomic mass is 10.3. The lowest BCUT2D eigenvalue weighted by molar-refractivity contribution is 0.469. The average molecular weight is 303 g/mol. The number of azo groups is 1. The molecule has 0 heterocycles. The van der Waals surface area contributed by atoms with Crippen molar-refractivity contribution in [2.75, 3.05) is 0 Å². The number of nitrogens with zero attached hydrogens (tertiary/aromatic N) is 2. The zero-order chi connectivity index (χ0) is 14.0. The van der Waals surface area contributed by atoms with Gasteiger partial charge in [0, 0.05) is 12.1 Å². The molecule has 0 fully saturated rings. The van der Waals surface area contributed by atoms with Gasteiger partial charge >= 0.3 is 0 Å². The minimum absolute atomic E-state index is 0.0408. The van der Waals surface area contributed by atoms with Gasteiger partial charge in [0.05, 0.1) is 10.0 Å². The lowest BCUT2D eigenvalue weighted by Gasteiger charge is -2.01. The number of benzene rings is 2. The van der Waals surface area contributed by atoms with E-state index in [2.05, 4.69) is 10.2 Å². The average Bonchev–Trinajstić information content (AvgIpc) is 2.31. The Bertz CT molecular complexity index is 619. The monoisotopic (exact) mass is 302 g/mol. The maximum Gasteiger partial charge on any atom is 0.155 e. The summed E-state index contributed by atoms with van der Waals surface area (Å²) >= 11 is 11.4. The molecule has 0 aliphatic carbocycles. The summed E-state index contributed by atoms with van der Waals surface area (Å²) < 4.78 is 26.9. The summed E-state index contributed by atoms with van der Waals surface area (Å²) in [4.78, 5) is 0. The number of halogens is 4. The van der Waals surface area contributed by atoms with Crippen LogP contribution in [0.3, 0.4) is 0 Å². The zero-order valence-corrected chi connectivity index (χ0v) is 10.8. The standard InChI is InChI=1S/C12H6Cl2F2N2O/c13-7-2-1-3-9(15)11(7)17-18-12-8(14)4-6(19)5-10(12)16/h1-5,19H. The van der Waals surface area contributed by atoms with Crippen LogP contribution in [0.15, 0.2) is 40.6 Å². The molecule has 0 bridgehead atoms. The molecule has 0 aliphatic rings. The summed E-state index contributed by atoms with van der Waals surface area (Å²) in [5.41, 5.74) is -0.522. The Morgan fingerprint density at radius 2 is 1.53 bits per heavy atom. The first-order valence-electron chi connectivity index (χ1n) is 5.03. The molecule has 2 aromatic rings. The highest BCUT2D eigenvalue weighted by Crippen LogP contribution is 2.35. The van der Waals surface area contributed by atoms with Crippen LogP contribution in [0.2, 0.25) is 10.0 Å². The molecule has 1 N–H and O–H groups in total. The van der Waals surface area contributed by atoms with E-state index in [1.54, 1.807) is 0 Å². The van der Waals surface area contributed by atoms with Crippen molar-refractivity contribution in [3.8, 4) is 5.75 Å². The van der Waals surface area contributed by atoms with Gasteiger partial charge in [-0.1, -0.05) is 29.3 Å². The van der Waals surface area contributed by atoms with Crippen molar-refractivity contribution in [2.24, 2.45) is 10.2 Å². The highest BCUT2D eigenvalue weighted by atomic mass is 35.5. The third-order valence-corrected chi connectivity index (χ3v) is 2.78. The maximum atomic E-state index is 13.5. The second-order valence-electron chi connectivity index (χ2n) is 3.53. The van der Waals surface area contributed by atoms with Gasteiger partial charge in [-0.25, -0.2) is 8.78 Å². The van der Waals surface area contributed by atoms with Gasteiger partial charge in [0.25, 0.3) is 0 Å². The fourth-order valence-electron chi connectivity index (χ4n) is 1.33. The van der Waals surface area contributed by atoms with Gasteiger partial charge in [-0.05, 0) is 12.1 Å². The smallest absolute Gasteiger partial charge is 0.155 e. The van der Waals surface area contributed by atoms with E-state index in [4.69, 9.17) is 28.3 Å². The van der Waals surface area contributed by atoms with E-state index in [1.165, 1.54) is 12.1 Å². The van der Waals surface area contributed by atoms with E-state index in [-0.39, 0.29) is 27.2 Å². The summed E-state index contributed by atoms with van der Waals surface area (Å²) in [6, 6.07) is 5.90. The van der Waals surface area contributed by atoms with Gasteiger partial charge in [0.1, 0.15) is 17.1 Å². The first-order valence-corrected chi connectivity index (χ1v) is 5.78. The molecule has 19 heavy (non-hydrogen) atoms. The molecule has 0 amide bonds. The van der Waals surface area contributed by atoms with Crippen LogP contribution in [0.5, 0.6) is 5.75 Å². The molecule has 2 rings (SSSR count). The largest absolute Gasteiger partial charge is 0.508 e. The molecule has 0 aliphatic heterocycles. The summed E-state index contributed by atoms with van der Waals surface area (Å²) in [7, 11) is 0. The van der Waals surface area contributed by atoms with Crippen molar-refractivity contribution in [3.05, 3.63) is 52.0 Å². The summed E-state index contributed by atoms with van der Waals surface area (Å²) in [6.45, 7) is 0. The van der Waals surface area contributed by atoms with Crippen molar-refractivity contribution in [1.29, 1.82) is 0 Å². The number of rotatable bonds is 2. The van der Waals surface area contributed by atoms with Crippen LogP contribution >= 0.6 is 23.2 Å². The van der Waals surface area contributed by atoms with E-state index in [0.29, 0.717) is 0 Å². The molecule has 0 radical (unpaired) electrons. The molecule has 0 saturated heterocycles. The van der Waals surface area contributed by atoms with Crippen LogP contribution in [0.25, 0.3) is 0 Å². The van der Waals surface area contributed by atoms with E-state index in [9.17, 15) is 8.78 Å². The van der Waals surface area contributed by atoms with Crippen molar-refractivity contribution < 1.29 is 13.9 Å². The lowest BCUT2D eigenvalue weighted by Crippen LogP contribution is -1.79. The summed E-state index contributed by atoms with van der Waals surface area (Å²) in [5.74, 6) is -1.90. The number of hydrogen-bond donors (Lipinski definition) is 1. The van der Waals surface area contributed by atoms with Crippen LogP contribution in [0.4, 0.5) is 20.2 Å². The van der Waals surface area contributed by atoms with Crippen molar-refractivity contribution in [1.82, 2.24) is 0 Å². The second kappa shape index (κ2) is 5.50. The molecule has 3 nitrogen and oxygen atoms in total. The SMILES string of the molecule is Oc1cc(F)c(N=Nc2c(F)cccc2Cl)c(Cl)c1. The number of aromatic hydroxyl groups is 1. The van der Waals surface area contributed by atoms with Crippen LogP contribution in [0.1, 0.15) is 0 Å². The van der Waals surface area contributed by atoms with Crippen molar-refractivity contribution in [3.63, 3.8) is 0 Å². The van der Waals surface area contributed by atoms with Gasteiger partial charge in [-0.2, -0.15) is 0 Å². The third-order valence-electron chi connectivity index (χ3n) is 2.19. The third kappa shape index (κ3) is 3.00. The van der Waals surface area contributed by atoms with E-state index in [0.717, 1.165) is 18.2 Å². The van der Waals surface area contributed by atoms with Crippen molar-refractivity contribution in [2.45, 2.75) is 0 Å². The molecule has 0 atom stereocenters. The number of phenolic OH excluding ortho intramolecular Hbond substituents is 1. The van der Waals surface area contributed by atoms with Crippen LogP contribution in [-0.4, -0.2) is 5.11 Å². The second-order valence-corrected chi connectivity index (χ2v) is 4.34. The Balaban J connectivity index is 2.44. The quantitative estimate of drug-likeness (QED) is 0.742. The Hall–Kier alpha value is -1.72. The number of phenols is 1. The predicted octanol–water partition coefficient (Wildman–Crippen LogP) is 5.39. The molecule has 0 aromatic heterocycles. The first-order chi connectivity index (χ1) is 8.99. The topological polar surface area (TPSA) is 45.0 Å². The molecular weight excluding hydrogens is 297 g/mol. The van der Waals surface area contributed by atoms with Crippen LogP contribution in [-0.2, 0) is 0 Å². The Morgan fingerprint density at radius 3 is 2.11 bits per heavy atom. The highest BCUT2D eigenvalue weighted by molar-refractivity contribution is 6.33. The van der Waals surface area contributed by atoms with E-state index >= 15 is 0 Å². The molecular formula is C12H6Cl2F2N2O. The number of hydrogen-bond acceptors (Lipinski definition) is 3. The molecule has 98 valence electrons. The van der Waals surface area contributed by atoms with Gasteiger partial charge in [0.2, 0.25) is 0 Å². The molecule has 7 heteroatoms. The molecule has 2 aromatic carbocycles. The molecule has 0 spiro atoms. The van der Waals surface area contributed by atoms with Crippen LogP contribution < -0.4 is 0 Å². The highest BCUT2D eigenvalue weighted by Gasteiger charge is 2.10. The maximum absolute atomic E-state index is 13.5. The Labute approximate surface area is 117 Å². The van der Waals surface area contributed by atoms with Gasteiger partial charge in [-0.3, -0.25) is 0 Å². The van der Waals surface area contributed by atoms with E-state index < -0.39 is 11.6 Å². The summed E-state index contributed by atoms with van der Waals surface area (Å²) in [6.07, 6.45) is 0. The minimum Gasteiger partial charge on any atom is -0.508 e. The molecule has 0 unspecified atom stereocenters. The van der Waals surface area contributed by atoms with Crippen LogP contribution in [0, 0.1) is 11.6 Å². The minimum atomic E-state index is -0.874. The van der Waals surface area contributed by atoms with Gasteiger partial charge in [-0.15, -0.1) is 10.2 Å². The van der Waals surface area contributed by atoms with Gasteiger partial charge in [0.15, 0.2) is 11.6 Å². The Kier molecular flexibility index (Phi) is 3.97. The summed E-state index contributed by atoms with van der Waals surface area (Å²) in [5, 5.41) is 16.1. The Morgan fingerprint density at radius 1 is 0.895 bits per heavy atom.